The second-order valence-electron chi connectivity index (χ2n) is 8.57. The molecule has 0 fully saturated rings. The fourth-order valence-corrected chi connectivity index (χ4v) is 4.04. The summed E-state index contributed by atoms with van der Waals surface area (Å²) in [5.74, 6) is -1.67. The molecule has 3 aromatic carbocycles. The van der Waals surface area contributed by atoms with Crippen molar-refractivity contribution in [1.29, 1.82) is 0 Å². The molecule has 1 heterocycles. The molecule has 0 unspecified atom stereocenters. The van der Waals surface area contributed by atoms with Gasteiger partial charge in [0.25, 0.3) is 0 Å². The molecule has 4 aromatic rings. The molecule has 0 atom stereocenters. The van der Waals surface area contributed by atoms with Gasteiger partial charge in [-0.15, -0.1) is 0 Å². The van der Waals surface area contributed by atoms with Gasteiger partial charge < -0.3 is 14.6 Å². The molecule has 1 N–H and O–H groups in total. The number of esters is 1. The van der Waals surface area contributed by atoms with E-state index < -0.39 is 46.3 Å². The lowest BCUT2D eigenvalue weighted by Gasteiger charge is -2.19. The van der Waals surface area contributed by atoms with Crippen LogP contribution in [0.15, 0.2) is 60.7 Å². The number of phenolic OH excluding ortho intramolecular Hbond substituents is 1. The molecule has 0 spiro atoms. The lowest BCUT2D eigenvalue weighted by molar-refractivity contribution is -0.143. The number of aryl methyl sites for hydroxylation is 1. The maximum absolute atomic E-state index is 13.6. The first-order chi connectivity index (χ1) is 18.7. The molecule has 6 nitrogen and oxygen atoms in total. The van der Waals surface area contributed by atoms with Crippen molar-refractivity contribution in [3.8, 4) is 33.9 Å². The van der Waals surface area contributed by atoms with Gasteiger partial charge in [-0.1, -0.05) is 23.7 Å². The van der Waals surface area contributed by atoms with Crippen molar-refractivity contribution in [3.63, 3.8) is 0 Å². The van der Waals surface area contributed by atoms with Crippen molar-refractivity contribution in [2.24, 2.45) is 7.05 Å². The van der Waals surface area contributed by atoms with Crippen LogP contribution in [0.3, 0.4) is 0 Å². The highest BCUT2D eigenvalue weighted by molar-refractivity contribution is 6.30. The summed E-state index contributed by atoms with van der Waals surface area (Å²) < 4.78 is 93.3. The molecule has 40 heavy (non-hydrogen) atoms. The number of hydrogen-bond donors (Lipinski definition) is 1. The largest absolute Gasteiger partial charge is 0.506 e. The fraction of sp³-hybridized carbons (Fsp3) is 0.185. The van der Waals surface area contributed by atoms with Gasteiger partial charge in [0.1, 0.15) is 23.8 Å². The van der Waals surface area contributed by atoms with E-state index in [0.29, 0.717) is 22.7 Å². The van der Waals surface area contributed by atoms with Crippen LogP contribution in [-0.4, -0.2) is 28.0 Å². The molecule has 210 valence electrons. The Morgan fingerprint density at radius 2 is 1.55 bits per heavy atom. The zero-order valence-electron chi connectivity index (χ0n) is 20.7. The second kappa shape index (κ2) is 10.8. The number of hydrogen-bond acceptors (Lipinski definition) is 5. The number of nitrogens with zero attached hydrogens (tertiary/aromatic N) is 2. The minimum Gasteiger partial charge on any atom is -0.506 e. The average molecular weight is 585 g/mol. The van der Waals surface area contributed by atoms with Gasteiger partial charge in [-0.3, -0.25) is 4.68 Å². The summed E-state index contributed by atoms with van der Waals surface area (Å²) in [4.78, 5) is 12.0. The van der Waals surface area contributed by atoms with E-state index in [2.05, 4.69) is 9.84 Å². The topological polar surface area (TPSA) is 73.6 Å². The molecule has 0 radical (unpaired) electrons. The van der Waals surface area contributed by atoms with Crippen LogP contribution >= 0.6 is 11.6 Å². The zero-order valence-corrected chi connectivity index (χ0v) is 21.4. The number of carbonyl (C=O) groups is 1. The Balaban J connectivity index is 1.93. The number of ether oxygens (including phenoxy) is 2. The van der Waals surface area contributed by atoms with Gasteiger partial charge in [0, 0.05) is 17.6 Å². The molecule has 0 amide bonds. The SMILES string of the molecule is COC(=O)c1cc(-c2ccc(OCc3ccc(Cl)cc3)c(-c3cc(C(F)(F)F)cc(C(F)(F)F)c3)c2O)nn1C. The molecule has 1 aromatic heterocycles. The van der Waals surface area contributed by atoms with Crippen molar-refractivity contribution in [1.82, 2.24) is 9.78 Å². The van der Waals surface area contributed by atoms with E-state index in [1.54, 1.807) is 24.3 Å². The summed E-state index contributed by atoms with van der Waals surface area (Å²) >= 11 is 5.88. The summed E-state index contributed by atoms with van der Waals surface area (Å²) in [6.07, 6.45) is -10.2. The molecule has 0 aliphatic carbocycles. The number of rotatable bonds is 6. The maximum atomic E-state index is 13.6. The Morgan fingerprint density at radius 3 is 2.10 bits per heavy atom. The fourth-order valence-electron chi connectivity index (χ4n) is 3.91. The summed E-state index contributed by atoms with van der Waals surface area (Å²) in [5.41, 5.74) is -3.68. The summed E-state index contributed by atoms with van der Waals surface area (Å²) in [5, 5.41) is 15.8. The molecule has 13 heteroatoms. The summed E-state index contributed by atoms with van der Waals surface area (Å²) in [7, 11) is 2.56. The van der Waals surface area contributed by atoms with Crippen molar-refractivity contribution in [3.05, 3.63) is 88.1 Å². The molecule has 0 saturated heterocycles. The molecule has 4 rings (SSSR count). The van der Waals surface area contributed by atoms with Crippen LogP contribution in [0.1, 0.15) is 27.2 Å². The van der Waals surface area contributed by atoms with Gasteiger partial charge in [0.05, 0.1) is 29.5 Å². The van der Waals surface area contributed by atoms with E-state index in [1.807, 2.05) is 0 Å². The third-order valence-electron chi connectivity index (χ3n) is 5.87. The molecule has 0 aliphatic heterocycles. The van der Waals surface area contributed by atoms with Crippen molar-refractivity contribution in [2.75, 3.05) is 7.11 Å². The second-order valence-corrected chi connectivity index (χ2v) is 9.01. The normalized spacial score (nSPS) is 11.9. The van der Waals surface area contributed by atoms with Crippen LogP contribution in [-0.2, 0) is 30.7 Å². The van der Waals surface area contributed by atoms with Gasteiger partial charge in [-0.25, -0.2) is 4.79 Å². The number of aromatic hydroxyl groups is 1. The number of benzene rings is 3. The first kappa shape index (κ1) is 28.8. The first-order valence-corrected chi connectivity index (χ1v) is 11.7. The van der Waals surface area contributed by atoms with E-state index in [1.165, 1.54) is 25.2 Å². The smallest absolute Gasteiger partial charge is 0.416 e. The monoisotopic (exact) mass is 584 g/mol. The Hall–Kier alpha value is -4.19. The number of carbonyl (C=O) groups excluding carboxylic acids is 1. The Kier molecular flexibility index (Phi) is 7.75. The predicted octanol–water partition coefficient (Wildman–Crippen LogP) is 7.52. The van der Waals surface area contributed by atoms with Crippen molar-refractivity contribution in [2.45, 2.75) is 19.0 Å². The summed E-state index contributed by atoms with van der Waals surface area (Å²) in [6, 6.07) is 11.2. The standard InChI is InChI=1S/C27H19ClF6N2O4/c1-36-21(25(38)39-2)12-20(35-36)19-7-8-22(40-13-14-3-5-18(28)6-4-14)23(24(19)37)15-9-16(26(29,30)31)11-17(10-15)27(32,33)34/h3-12,37H,13H2,1-2H3. The highest BCUT2D eigenvalue weighted by Crippen LogP contribution is 2.47. The first-order valence-electron chi connectivity index (χ1n) is 11.3. The van der Waals surface area contributed by atoms with Crippen LogP contribution in [0.4, 0.5) is 26.3 Å². The van der Waals surface area contributed by atoms with Gasteiger partial charge in [0.2, 0.25) is 0 Å². The quantitative estimate of drug-likeness (QED) is 0.187. The van der Waals surface area contributed by atoms with Crippen LogP contribution in [0.25, 0.3) is 22.4 Å². The van der Waals surface area contributed by atoms with Gasteiger partial charge >= 0.3 is 18.3 Å². The molecular weight excluding hydrogens is 566 g/mol. The minimum absolute atomic E-state index is 0.00826. The van der Waals surface area contributed by atoms with Crippen LogP contribution in [0, 0.1) is 0 Å². The number of halogens is 7. The zero-order chi connectivity index (χ0) is 29.4. The Bertz CT molecular complexity index is 1530. The molecule has 0 bridgehead atoms. The van der Waals surface area contributed by atoms with Gasteiger partial charge in [-0.05, 0) is 59.7 Å². The highest BCUT2D eigenvalue weighted by atomic mass is 35.5. The third-order valence-corrected chi connectivity index (χ3v) is 6.13. The summed E-state index contributed by atoms with van der Waals surface area (Å²) in [6.45, 7) is -0.149. The van der Waals surface area contributed by atoms with Crippen LogP contribution in [0.5, 0.6) is 11.5 Å². The van der Waals surface area contributed by atoms with Crippen LogP contribution < -0.4 is 4.74 Å². The molecule has 0 aliphatic rings. The van der Waals surface area contributed by atoms with E-state index in [9.17, 15) is 36.2 Å². The highest BCUT2D eigenvalue weighted by Gasteiger charge is 2.37. The number of alkyl halides is 6. The van der Waals surface area contributed by atoms with Crippen molar-refractivity contribution >= 4 is 17.6 Å². The Morgan fingerprint density at radius 1 is 0.950 bits per heavy atom. The molecular formula is C27H19ClF6N2O4. The minimum atomic E-state index is -5.12. The Labute approximate surface area is 228 Å². The third kappa shape index (κ3) is 6.01. The maximum Gasteiger partial charge on any atom is 0.416 e. The van der Waals surface area contributed by atoms with E-state index in [0.717, 1.165) is 11.8 Å². The average Bonchev–Trinajstić information content (AvgIpc) is 3.27. The van der Waals surface area contributed by atoms with E-state index in [-0.39, 0.29) is 35.4 Å². The lowest BCUT2D eigenvalue weighted by Crippen LogP contribution is -2.11. The van der Waals surface area contributed by atoms with Gasteiger partial charge in [0.15, 0.2) is 0 Å². The van der Waals surface area contributed by atoms with E-state index >= 15 is 0 Å². The number of aromatic nitrogens is 2. The molecule has 0 saturated carbocycles. The number of phenols is 1. The number of methoxy groups -OCH3 is 1. The van der Waals surface area contributed by atoms with E-state index in [4.69, 9.17) is 16.3 Å². The predicted molar refractivity (Wildman–Crippen MR) is 133 cm³/mol. The lowest BCUT2D eigenvalue weighted by atomic mass is 9.95. The van der Waals surface area contributed by atoms with Crippen LogP contribution in [0.2, 0.25) is 5.02 Å². The van der Waals surface area contributed by atoms with Gasteiger partial charge in [-0.2, -0.15) is 31.4 Å². The van der Waals surface area contributed by atoms with Crippen molar-refractivity contribution < 1.29 is 45.7 Å².